The third-order valence-electron chi connectivity index (χ3n) is 4.20. The lowest BCUT2D eigenvalue weighted by molar-refractivity contribution is -0.120. The molecule has 0 aliphatic carbocycles. The fourth-order valence-corrected chi connectivity index (χ4v) is 3.64. The van der Waals surface area contributed by atoms with Crippen molar-refractivity contribution in [1.82, 2.24) is 10.0 Å². The van der Waals surface area contributed by atoms with Gasteiger partial charge in [0.15, 0.2) is 11.5 Å². The summed E-state index contributed by atoms with van der Waals surface area (Å²) in [4.78, 5) is 12.1. The lowest BCUT2D eigenvalue weighted by Gasteiger charge is -2.10. The Kier molecular flexibility index (Phi) is 8.29. The van der Waals surface area contributed by atoms with E-state index in [9.17, 15) is 13.2 Å². The van der Waals surface area contributed by atoms with E-state index < -0.39 is 10.0 Å². The van der Waals surface area contributed by atoms with Gasteiger partial charge in [-0.2, -0.15) is 0 Å². The van der Waals surface area contributed by atoms with Crippen LogP contribution in [0, 0.1) is 0 Å². The van der Waals surface area contributed by atoms with E-state index in [1.807, 2.05) is 18.2 Å². The molecule has 29 heavy (non-hydrogen) atoms. The van der Waals surface area contributed by atoms with Gasteiger partial charge in [0, 0.05) is 19.5 Å². The number of methoxy groups -OCH3 is 3. The van der Waals surface area contributed by atoms with Gasteiger partial charge in [-0.15, -0.1) is 0 Å². The molecular formula is C20H26N2O6S. The molecule has 0 heterocycles. The predicted molar refractivity (Wildman–Crippen MR) is 109 cm³/mol. The molecular weight excluding hydrogens is 396 g/mol. The van der Waals surface area contributed by atoms with Crippen LogP contribution in [0.2, 0.25) is 0 Å². The lowest BCUT2D eigenvalue weighted by Crippen LogP contribution is -2.31. The van der Waals surface area contributed by atoms with Crippen LogP contribution < -0.4 is 24.2 Å². The Morgan fingerprint density at radius 2 is 1.59 bits per heavy atom. The van der Waals surface area contributed by atoms with Gasteiger partial charge in [-0.1, -0.05) is 6.07 Å². The predicted octanol–water partition coefficient (Wildman–Crippen LogP) is 1.74. The van der Waals surface area contributed by atoms with Gasteiger partial charge in [0.05, 0.1) is 26.2 Å². The molecule has 0 aromatic heterocycles. The third-order valence-corrected chi connectivity index (χ3v) is 5.67. The second-order valence-electron chi connectivity index (χ2n) is 6.11. The van der Waals surface area contributed by atoms with E-state index in [-0.39, 0.29) is 23.8 Å². The first kappa shape index (κ1) is 22.5. The quantitative estimate of drug-likeness (QED) is 0.572. The fourth-order valence-electron chi connectivity index (χ4n) is 2.61. The average Bonchev–Trinajstić information content (AvgIpc) is 2.73. The lowest BCUT2D eigenvalue weighted by atomic mass is 10.1. The number of sulfonamides is 1. The van der Waals surface area contributed by atoms with Gasteiger partial charge >= 0.3 is 0 Å². The van der Waals surface area contributed by atoms with Gasteiger partial charge in [-0.25, -0.2) is 13.1 Å². The summed E-state index contributed by atoms with van der Waals surface area (Å²) in [6, 6.07) is 11.6. The SMILES string of the molecule is COc1ccc(S(=O)(=O)NCCC(=O)NCCc2ccc(OC)c(OC)c2)cc1. The van der Waals surface area contributed by atoms with Gasteiger partial charge in [-0.05, 0) is 48.4 Å². The van der Waals surface area contributed by atoms with Crippen molar-refractivity contribution in [1.29, 1.82) is 0 Å². The Hall–Kier alpha value is -2.78. The molecule has 8 nitrogen and oxygen atoms in total. The second kappa shape index (κ2) is 10.7. The van der Waals surface area contributed by atoms with Crippen LogP contribution in [0.4, 0.5) is 0 Å². The summed E-state index contributed by atoms with van der Waals surface area (Å²) in [5.74, 6) is 1.61. The second-order valence-corrected chi connectivity index (χ2v) is 7.88. The number of amides is 1. The maximum absolute atomic E-state index is 12.2. The highest BCUT2D eigenvalue weighted by atomic mass is 32.2. The summed E-state index contributed by atoms with van der Waals surface area (Å²) in [7, 11) is 0.971. The minimum absolute atomic E-state index is 0.0105. The maximum atomic E-state index is 12.2. The first-order valence-electron chi connectivity index (χ1n) is 9.01. The fraction of sp³-hybridized carbons (Fsp3) is 0.350. The molecule has 0 saturated carbocycles. The molecule has 0 aliphatic rings. The molecule has 0 atom stereocenters. The van der Waals surface area contributed by atoms with Crippen LogP contribution in [0.1, 0.15) is 12.0 Å². The molecule has 2 aromatic rings. The molecule has 0 aliphatic heterocycles. The monoisotopic (exact) mass is 422 g/mol. The van der Waals surface area contributed by atoms with Gasteiger partial charge in [0.2, 0.25) is 15.9 Å². The Labute approximate surface area is 171 Å². The van der Waals surface area contributed by atoms with E-state index >= 15 is 0 Å². The summed E-state index contributed by atoms with van der Waals surface area (Å²) >= 11 is 0. The van der Waals surface area contributed by atoms with Crippen molar-refractivity contribution in [3.8, 4) is 17.2 Å². The van der Waals surface area contributed by atoms with E-state index in [1.165, 1.54) is 19.2 Å². The van der Waals surface area contributed by atoms with E-state index in [0.29, 0.717) is 30.2 Å². The zero-order valence-corrected chi connectivity index (χ0v) is 17.5. The molecule has 9 heteroatoms. The number of carbonyl (C=O) groups excluding carboxylic acids is 1. The number of carbonyl (C=O) groups is 1. The minimum Gasteiger partial charge on any atom is -0.497 e. The number of nitrogens with one attached hydrogen (secondary N) is 2. The molecule has 2 rings (SSSR count). The number of ether oxygens (including phenoxy) is 3. The molecule has 0 saturated heterocycles. The van der Waals surface area contributed by atoms with Gasteiger partial charge < -0.3 is 19.5 Å². The molecule has 0 bridgehead atoms. The van der Waals surface area contributed by atoms with Crippen molar-refractivity contribution < 1.29 is 27.4 Å². The molecule has 0 fully saturated rings. The van der Waals surface area contributed by atoms with E-state index in [0.717, 1.165) is 5.56 Å². The van der Waals surface area contributed by atoms with Gasteiger partial charge in [-0.3, -0.25) is 4.79 Å². The molecule has 0 radical (unpaired) electrons. The molecule has 2 N–H and O–H groups in total. The zero-order chi connectivity index (χ0) is 21.3. The summed E-state index contributed by atoms with van der Waals surface area (Å²) in [6.45, 7) is 0.441. The van der Waals surface area contributed by atoms with Crippen molar-refractivity contribution in [2.24, 2.45) is 0 Å². The highest BCUT2D eigenvalue weighted by molar-refractivity contribution is 7.89. The zero-order valence-electron chi connectivity index (χ0n) is 16.7. The van der Waals surface area contributed by atoms with Crippen molar-refractivity contribution in [3.63, 3.8) is 0 Å². The van der Waals surface area contributed by atoms with E-state index in [4.69, 9.17) is 14.2 Å². The normalized spacial score (nSPS) is 11.0. The highest BCUT2D eigenvalue weighted by Crippen LogP contribution is 2.27. The van der Waals surface area contributed by atoms with Crippen LogP contribution in [-0.4, -0.2) is 48.7 Å². The first-order valence-corrected chi connectivity index (χ1v) is 10.5. The first-order chi connectivity index (χ1) is 13.9. The summed E-state index contributed by atoms with van der Waals surface area (Å²) in [5, 5.41) is 2.78. The third kappa shape index (κ3) is 6.65. The van der Waals surface area contributed by atoms with Gasteiger partial charge in [0.25, 0.3) is 0 Å². The standard InChI is InChI=1S/C20H26N2O6S/c1-26-16-5-7-17(8-6-16)29(24,25)22-13-11-20(23)21-12-10-15-4-9-18(27-2)19(14-15)28-3/h4-9,14,22H,10-13H2,1-3H3,(H,21,23). The van der Waals surface area contributed by atoms with Crippen LogP contribution in [0.5, 0.6) is 17.2 Å². The van der Waals surface area contributed by atoms with Crippen molar-refractivity contribution in [2.75, 3.05) is 34.4 Å². The molecule has 158 valence electrons. The summed E-state index contributed by atoms with van der Waals surface area (Å²) in [6.07, 6.45) is 0.658. The molecule has 0 unspecified atom stereocenters. The highest BCUT2D eigenvalue weighted by Gasteiger charge is 2.14. The Morgan fingerprint density at radius 1 is 0.897 bits per heavy atom. The van der Waals surface area contributed by atoms with Crippen molar-refractivity contribution >= 4 is 15.9 Å². The topological polar surface area (TPSA) is 103 Å². The molecule has 2 aromatic carbocycles. The molecule has 1 amide bonds. The number of rotatable bonds is 11. The van der Waals surface area contributed by atoms with Crippen molar-refractivity contribution in [2.45, 2.75) is 17.7 Å². The number of benzene rings is 2. The number of hydrogen-bond acceptors (Lipinski definition) is 6. The largest absolute Gasteiger partial charge is 0.497 e. The van der Waals surface area contributed by atoms with E-state index in [1.54, 1.807) is 26.4 Å². The van der Waals surface area contributed by atoms with Crippen LogP contribution in [-0.2, 0) is 21.2 Å². The Bertz CT molecular complexity index is 913. The smallest absolute Gasteiger partial charge is 0.240 e. The molecule has 0 spiro atoms. The van der Waals surface area contributed by atoms with Crippen LogP contribution in [0.15, 0.2) is 47.4 Å². The number of hydrogen-bond donors (Lipinski definition) is 2. The van der Waals surface area contributed by atoms with Gasteiger partial charge in [0.1, 0.15) is 5.75 Å². The minimum atomic E-state index is -3.67. The Balaban J connectivity index is 1.75. The average molecular weight is 423 g/mol. The van der Waals surface area contributed by atoms with Crippen LogP contribution in [0.3, 0.4) is 0 Å². The van der Waals surface area contributed by atoms with Crippen LogP contribution in [0.25, 0.3) is 0 Å². The Morgan fingerprint density at radius 3 is 2.21 bits per heavy atom. The maximum Gasteiger partial charge on any atom is 0.240 e. The van der Waals surface area contributed by atoms with Crippen LogP contribution >= 0.6 is 0 Å². The van der Waals surface area contributed by atoms with E-state index in [2.05, 4.69) is 10.0 Å². The summed E-state index contributed by atoms with van der Waals surface area (Å²) in [5.41, 5.74) is 0.989. The van der Waals surface area contributed by atoms with Crippen molar-refractivity contribution in [3.05, 3.63) is 48.0 Å². The summed E-state index contributed by atoms with van der Waals surface area (Å²) < 4.78 is 42.3.